The van der Waals surface area contributed by atoms with Crippen molar-refractivity contribution in [2.75, 3.05) is 0 Å². The highest BCUT2D eigenvalue weighted by molar-refractivity contribution is 5.72. The zero-order valence-electron chi connectivity index (χ0n) is 7.72. The first kappa shape index (κ1) is 10.2. The van der Waals surface area contributed by atoms with E-state index in [1.54, 1.807) is 6.92 Å². The Balaban J connectivity index is 4.06. The van der Waals surface area contributed by atoms with Gasteiger partial charge in [-0.2, -0.15) is 0 Å². The minimum Gasteiger partial charge on any atom is -0.298 e. The lowest BCUT2D eigenvalue weighted by Crippen LogP contribution is -1.97. The van der Waals surface area contributed by atoms with Crippen LogP contribution in [0.25, 0.3) is 0 Å². The molecule has 0 saturated heterocycles. The molecule has 0 aromatic carbocycles. The van der Waals surface area contributed by atoms with Crippen molar-refractivity contribution in [3.05, 3.63) is 23.8 Å². The number of aldehydes is 1. The molecule has 0 saturated carbocycles. The summed E-state index contributed by atoms with van der Waals surface area (Å²) in [6, 6.07) is 0. The van der Waals surface area contributed by atoms with Gasteiger partial charge < -0.3 is 0 Å². The summed E-state index contributed by atoms with van der Waals surface area (Å²) in [6.07, 6.45) is 6.66. The summed E-state index contributed by atoms with van der Waals surface area (Å²) in [5.74, 6) is 0. The molecule has 62 valence electrons. The van der Waals surface area contributed by atoms with Crippen LogP contribution in [-0.4, -0.2) is 6.29 Å². The highest BCUT2D eigenvalue weighted by Gasteiger charge is 2.01. The van der Waals surface area contributed by atoms with Crippen LogP contribution < -0.4 is 0 Å². The van der Waals surface area contributed by atoms with E-state index in [1.165, 1.54) is 0 Å². The molecule has 1 heteroatoms. The van der Waals surface area contributed by atoms with Gasteiger partial charge in [-0.05, 0) is 17.9 Å². The molecule has 0 amide bonds. The second kappa shape index (κ2) is 4.12. The van der Waals surface area contributed by atoms with Gasteiger partial charge in [0.15, 0.2) is 0 Å². The first-order valence-electron chi connectivity index (χ1n) is 3.77. The predicted octanol–water partition coefficient (Wildman–Crippen LogP) is 2.73. The lowest BCUT2D eigenvalue weighted by atomic mass is 9.96. The van der Waals surface area contributed by atoms with E-state index in [9.17, 15) is 4.79 Å². The fourth-order valence-electron chi connectivity index (χ4n) is 0.528. The maximum absolute atomic E-state index is 10.2. The summed E-state index contributed by atoms with van der Waals surface area (Å²) in [6.45, 7) is 8.15. The molecule has 0 N–H and O–H groups in total. The molecule has 0 aliphatic heterocycles. The largest absolute Gasteiger partial charge is 0.298 e. The SMILES string of the molecule is CC(C=O)=CC=CC(C)(C)C. The molecule has 0 atom stereocenters. The van der Waals surface area contributed by atoms with Crippen LogP contribution in [0.2, 0.25) is 0 Å². The number of rotatable bonds is 2. The van der Waals surface area contributed by atoms with Gasteiger partial charge in [0.1, 0.15) is 6.29 Å². The summed E-state index contributed by atoms with van der Waals surface area (Å²) in [4.78, 5) is 10.2. The highest BCUT2D eigenvalue weighted by atomic mass is 16.1. The van der Waals surface area contributed by atoms with Gasteiger partial charge in [-0.1, -0.05) is 39.0 Å². The highest BCUT2D eigenvalue weighted by Crippen LogP contribution is 2.14. The van der Waals surface area contributed by atoms with Crippen LogP contribution in [-0.2, 0) is 4.79 Å². The summed E-state index contributed by atoms with van der Waals surface area (Å²) in [5, 5.41) is 0. The van der Waals surface area contributed by atoms with Gasteiger partial charge in [0.05, 0.1) is 0 Å². The molecular formula is C10H16O. The first-order chi connectivity index (χ1) is 4.95. The van der Waals surface area contributed by atoms with Crippen LogP contribution in [0.3, 0.4) is 0 Å². The second-order valence-electron chi connectivity index (χ2n) is 3.75. The molecular weight excluding hydrogens is 136 g/mol. The van der Waals surface area contributed by atoms with Crippen molar-refractivity contribution in [1.29, 1.82) is 0 Å². The number of carbonyl (C=O) groups excluding carboxylic acids is 1. The van der Waals surface area contributed by atoms with Crippen molar-refractivity contribution >= 4 is 6.29 Å². The molecule has 0 radical (unpaired) electrons. The van der Waals surface area contributed by atoms with E-state index in [4.69, 9.17) is 0 Å². The third-order valence-corrected chi connectivity index (χ3v) is 1.14. The van der Waals surface area contributed by atoms with Crippen LogP contribution in [0.15, 0.2) is 23.8 Å². The van der Waals surface area contributed by atoms with Crippen molar-refractivity contribution < 1.29 is 4.79 Å². The molecule has 0 spiro atoms. The summed E-state index contributed by atoms with van der Waals surface area (Å²) in [5.41, 5.74) is 0.949. The average Bonchev–Trinajstić information content (AvgIpc) is 1.85. The van der Waals surface area contributed by atoms with Crippen molar-refractivity contribution in [2.45, 2.75) is 27.7 Å². The van der Waals surface area contributed by atoms with Crippen molar-refractivity contribution in [2.24, 2.45) is 5.41 Å². The number of carbonyl (C=O) groups is 1. The van der Waals surface area contributed by atoms with Crippen LogP contribution in [0.4, 0.5) is 0 Å². The van der Waals surface area contributed by atoms with Gasteiger partial charge in [-0.25, -0.2) is 0 Å². The monoisotopic (exact) mass is 152 g/mol. The topological polar surface area (TPSA) is 17.1 Å². The van der Waals surface area contributed by atoms with E-state index in [2.05, 4.69) is 26.8 Å². The molecule has 1 nitrogen and oxygen atoms in total. The zero-order chi connectivity index (χ0) is 8.91. The van der Waals surface area contributed by atoms with E-state index < -0.39 is 0 Å². The predicted molar refractivity (Wildman–Crippen MR) is 48.4 cm³/mol. The molecule has 0 aromatic rings. The number of hydrogen-bond donors (Lipinski definition) is 0. The van der Waals surface area contributed by atoms with Gasteiger partial charge in [0.25, 0.3) is 0 Å². The zero-order valence-corrected chi connectivity index (χ0v) is 7.72. The standard InChI is InChI=1S/C10H16O/c1-9(8-11)6-5-7-10(2,3)4/h5-8H,1-4H3. The van der Waals surface area contributed by atoms with Crippen LogP contribution in [0.5, 0.6) is 0 Å². The molecule has 0 heterocycles. The number of hydrogen-bond acceptors (Lipinski definition) is 1. The van der Waals surface area contributed by atoms with E-state index >= 15 is 0 Å². The molecule has 11 heavy (non-hydrogen) atoms. The smallest absolute Gasteiger partial charge is 0.145 e. The summed E-state index contributed by atoms with van der Waals surface area (Å²) >= 11 is 0. The molecule has 0 rings (SSSR count). The molecule has 0 unspecified atom stereocenters. The molecule has 0 aliphatic rings. The van der Waals surface area contributed by atoms with Gasteiger partial charge in [-0.3, -0.25) is 4.79 Å². The lowest BCUT2D eigenvalue weighted by molar-refractivity contribution is -0.104. The van der Waals surface area contributed by atoms with Crippen molar-refractivity contribution in [3.8, 4) is 0 Å². The summed E-state index contributed by atoms with van der Waals surface area (Å²) < 4.78 is 0. The molecule has 0 bridgehead atoms. The Morgan fingerprint density at radius 2 is 1.82 bits per heavy atom. The summed E-state index contributed by atoms with van der Waals surface area (Å²) in [7, 11) is 0. The first-order valence-corrected chi connectivity index (χ1v) is 3.77. The van der Waals surface area contributed by atoms with Gasteiger partial charge in [0, 0.05) is 0 Å². The van der Waals surface area contributed by atoms with E-state index in [0.29, 0.717) is 0 Å². The Morgan fingerprint density at radius 3 is 2.18 bits per heavy atom. The van der Waals surface area contributed by atoms with Gasteiger partial charge >= 0.3 is 0 Å². The van der Waals surface area contributed by atoms with E-state index in [-0.39, 0.29) is 5.41 Å². The molecule has 0 aliphatic carbocycles. The maximum atomic E-state index is 10.2. The normalized spacial score (nSPS) is 14.0. The minimum absolute atomic E-state index is 0.194. The van der Waals surface area contributed by atoms with Crippen LogP contribution >= 0.6 is 0 Å². The van der Waals surface area contributed by atoms with Gasteiger partial charge in [0.2, 0.25) is 0 Å². The molecule has 0 aromatic heterocycles. The minimum atomic E-state index is 0.194. The second-order valence-corrected chi connectivity index (χ2v) is 3.75. The lowest BCUT2D eigenvalue weighted by Gasteiger charge is -2.09. The Hall–Kier alpha value is -0.850. The Bertz CT molecular complexity index is 180. The third kappa shape index (κ3) is 7.04. The van der Waals surface area contributed by atoms with Crippen LogP contribution in [0.1, 0.15) is 27.7 Å². The Morgan fingerprint density at radius 1 is 1.27 bits per heavy atom. The van der Waals surface area contributed by atoms with E-state index in [1.807, 2.05) is 12.2 Å². The quantitative estimate of drug-likeness (QED) is 0.338. The van der Waals surface area contributed by atoms with Crippen molar-refractivity contribution in [1.82, 2.24) is 0 Å². The van der Waals surface area contributed by atoms with Gasteiger partial charge in [-0.15, -0.1) is 0 Å². The molecule has 0 fully saturated rings. The number of allylic oxidation sites excluding steroid dienone is 4. The fraction of sp³-hybridized carbons (Fsp3) is 0.500. The van der Waals surface area contributed by atoms with Crippen molar-refractivity contribution in [3.63, 3.8) is 0 Å². The Kier molecular flexibility index (Phi) is 3.80. The van der Waals surface area contributed by atoms with E-state index in [0.717, 1.165) is 11.9 Å². The average molecular weight is 152 g/mol. The maximum Gasteiger partial charge on any atom is 0.145 e. The Labute approximate surface area is 68.8 Å². The third-order valence-electron chi connectivity index (χ3n) is 1.14. The van der Waals surface area contributed by atoms with Crippen LogP contribution in [0, 0.1) is 5.41 Å². The fourth-order valence-corrected chi connectivity index (χ4v) is 0.528.